The summed E-state index contributed by atoms with van der Waals surface area (Å²) in [4.78, 5) is 41.5. The van der Waals surface area contributed by atoms with E-state index in [1.165, 1.54) is 18.2 Å². The van der Waals surface area contributed by atoms with Crippen LogP contribution in [0.15, 0.2) is 72.8 Å². The first kappa shape index (κ1) is 19.1. The number of hydrogen-bond donors (Lipinski definition) is 2. The monoisotopic (exact) mass is 426 g/mol. The fourth-order valence-corrected chi connectivity index (χ4v) is 6.06. The van der Waals surface area contributed by atoms with Crippen molar-refractivity contribution >= 4 is 29.5 Å². The third kappa shape index (κ3) is 2.12. The molecular weight excluding hydrogens is 408 g/mol. The highest BCUT2D eigenvalue weighted by Crippen LogP contribution is 2.63. The molecule has 32 heavy (non-hydrogen) atoms. The second kappa shape index (κ2) is 6.43. The molecule has 1 heterocycles. The van der Waals surface area contributed by atoms with Crippen molar-refractivity contribution in [2.45, 2.75) is 11.3 Å². The van der Waals surface area contributed by atoms with Gasteiger partial charge in [0.25, 0.3) is 0 Å². The number of carbonyl (C=O) groups is 3. The average Bonchev–Trinajstić information content (AvgIpc) is 3.10. The molecule has 2 bridgehead atoms. The molecule has 158 valence electrons. The lowest BCUT2D eigenvalue weighted by Crippen LogP contribution is -2.99. The first-order valence-electron chi connectivity index (χ1n) is 10.4. The predicted molar refractivity (Wildman–Crippen MR) is 113 cm³/mol. The maximum Gasteiger partial charge on any atom is 0.239 e. The van der Waals surface area contributed by atoms with E-state index in [-0.39, 0.29) is 17.3 Å². The molecule has 1 aliphatic heterocycles. The highest BCUT2D eigenvalue weighted by molar-refractivity contribution is 6.25. The Morgan fingerprint density at radius 3 is 2.12 bits per heavy atom. The van der Waals surface area contributed by atoms with E-state index in [1.807, 2.05) is 48.5 Å². The lowest BCUT2D eigenvalue weighted by molar-refractivity contribution is -0.991. The first-order chi connectivity index (χ1) is 15.5. The number of anilines is 1. The summed E-state index contributed by atoms with van der Waals surface area (Å²) in [5, 5.41) is 19.7. The Balaban J connectivity index is 1.61. The molecule has 2 N–H and O–H groups in total. The van der Waals surface area contributed by atoms with Gasteiger partial charge in [0, 0.05) is 18.1 Å². The number of rotatable bonds is 3. The van der Waals surface area contributed by atoms with Crippen molar-refractivity contribution in [2.24, 2.45) is 11.8 Å². The van der Waals surface area contributed by atoms with Crippen molar-refractivity contribution in [1.29, 1.82) is 0 Å². The Morgan fingerprint density at radius 1 is 0.906 bits per heavy atom. The molecule has 0 radical (unpaired) electrons. The predicted octanol–water partition coefficient (Wildman–Crippen LogP) is 1.84. The molecule has 1 fully saturated rings. The highest BCUT2D eigenvalue weighted by atomic mass is 16.8. The molecule has 1 unspecified atom stereocenters. The van der Waals surface area contributed by atoms with Crippen LogP contribution in [0, 0.1) is 17.0 Å². The number of amides is 2. The quantitative estimate of drug-likeness (QED) is 0.378. The van der Waals surface area contributed by atoms with Crippen molar-refractivity contribution in [1.82, 2.24) is 0 Å². The Bertz CT molecular complexity index is 1270. The molecular formula is C25H18N2O5. The summed E-state index contributed by atoms with van der Waals surface area (Å²) < 4.78 is 0. The van der Waals surface area contributed by atoms with Gasteiger partial charge in [0.2, 0.25) is 11.8 Å². The zero-order chi connectivity index (χ0) is 22.2. The third-order valence-corrected chi connectivity index (χ3v) is 7.22. The van der Waals surface area contributed by atoms with Gasteiger partial charge in [0.05, 0.1) is 22.9 Å². The number of benzene rings is 3. The van der Waals surface area contributed by atoms with Crippen LogP contribution in [0.4, 0.5) is 11.4 Å². The van der Waals surface area contributed by atoms with Gasteiger partial charge in [0.15, 0.2) is 5.69 Å². The van der Waals surface area contributed by atoms with E-state index in [4.69, 9.17) is 0 Å². The summed E-state index contributed by atoms with van der Waals surface area (Å²) in [5.74, 6) is -2.83. The van der Waals surface area contributed by atoms with Crippen molar-refractivity contribution in [3.8, 4) is 0 Å². The van der Waals surface area contributed by atoms with Gasteiger partial charge >= 0.3 is 0 Å². The van der Waals surface area contributed by atoms with Crippen LogP contribution in [0.5, 0.6) is 0 Å². The van der Waals surface area contributed by atoms with Crippen molar-refractivity contribution in [3.05, 3.63) is 100 Å². The SMILES string of the molecule is O=CC12c3ccccc3C(c3ccccc31)[C@H]1C(=O)N(c3cccc([NH+]([O-])O)c3)C(=O)[C@H]12. The number of carbonyl (C=O) groups excluding carboxylic acids is 3. The van der Waals surface area contributed by atoms with Gasteiger partial charge in [-0.05, 0) is 28.3 Å². The van der Waals surface area contributed by atoms with Gasteiger partial charge in [-0.25, -0.2) is 10.1 Å². The van der Waals surface area contributed by atoms with E-state index in [1.54, 1.807) is 6.07 Å². The van der Waals surface area contributed by atoms with Crippen LogP contribution >= 0.6 is 0 Å². The molecule has 2 amide bonds. The Hall–Kier alpha value is -3.65. The van der Waals surface area contributed by atoms with Crippen LogP contribution in [0.3, 0.4) is 0 Å². The fraction of sp³-hybridized carbons (Fsp3) is 0.160. The minimum absolute atomic E-state index is 0.0161. The van der Waals surface area contributed by atoms with Crippen molar-refractivity contribution in [3.63, 3.8) is 0 Å². The largest absolute Gasteiger partial charge is 0.595 e. The van der Waals surface area contributed by atoms with E-state index in [9.17, 15) is 24.8 Å². The number of quaternary nitrogens is 1. The standard InChI is InChI=1S/C25H18N2O5/c28-13-25-18-10-3-1-8-16(18)20(17-9-2-4-11-19(17)25)21-22(25)24(30)26(23(21)29)14-6-5-7-15(12-14)27(31)32/h1-13,20-22,27,31H/t20?,21-,22+,25?/m1/s1. The highest BCUT2D eigenvalue weighted by Gasteiger charge is 2.68. The zero-order valence-electron chi connectivity index (χ0n) is 16.8. The van der Waals surface area contributed by atoms with E-state index in [2.05, 4.69) is 0 Å². The summed E-state index contributed by atoms with van der Waals surface area (Å²) in [7, 11) is 0. The Morgan fingerprint density at radius 2 is 1.53 bits per heavy atom. The fourth-order valence-electron chi connectivity index (χ4n) is 6.06. The molecule has 4 aliphatic rings. The summed E-state index contributed by atoms with van der Waals surface area (Å²) in [6.45, 7) is 0. The molecule has 3 aromatic rings. The number of nitrogens with zero attached hydrogens (tertiary/aromatic N) is 1. The van der Waals surface area contributed by atoms with Crippen LogP contribution < -0.4 is 10.1 Å². The maximum atomic E-state index is 13.8. The van der Waals surface area contributed by atoms with E-state index >= 15 is 0 Å². The second-order valence-corrected chi connectivity index (χ2v) is 8.51. The summed E-state index contributed by atoms with van der Waals surface area (Å²) in [6, 6.07) is 20.8. The van der Waals surface area contributed by atoms with Crippen LogP contribution in [0.2, 0.25) is 0 Å². The van der Waals surface area contributed by atoms with Gasteiger partial charge < -0.3 is 10.0 Å². The number of nitrogens with one attached hydrogen (secondary N) is 1. The third-order valence-electron chi connectivity index (χ3n) is 7.22. The zero-order valence-corrected chi connectivity index (χ0v) is 16.8. The van der Waals surface area contributed by atoms with Crippen LogP contribution in [0.25, 0.3) is 0 Å². The van der Waals surface area contributed by atoms with Gasteiger partial charge in [0.1, 0.15) is 6.29 Å². The minimum Gasteiger partial charge on any atom is -0.595 e. The minimum atomic E-state index is -1.27. The van der Waals surface area contributed by atoms with E-state index in [0.29, 0.717) is 0 Å². The van der Waals surface area contributed by atoms with E-state index < -0.39 is 34.3 Å². The first-order valence-corrected chi connectivity index (χ1v) is 10.4. The molecule has 7 heteroatoms. The van der Waals surface area contributed by atoms with Crippen LogP contribution in [-0.4, -0.2) is 23.3 Å². The summed E-state index contributed by atoms with van der Waals surface area (Å²) >= 11 is 0. The molecule has 7 rings (SSSR count). The smallest absolute Gasteiger partial charge is 0.239 e. The summed E-state index contributed by atoms with van der Waals surface area (Å²) in [5.41, 5.74) is 2.24. The Labute approximate surface area is 183 Å². The number of aldehydes is 1. The van der Waals surface area contributed by atoms with Gasteiger partial charge in [-0.3, -0.25) is 9.59 Å². The second-order valence-electron chi connectivity index (χ2n) is 8.51. The molecule has 0 saturated carbocycles. The maximum absolute atomic E-state index is 13.8. The molecule has 0 aromatic heterocycles. The van der Waals surface area contributed by atoms with Crippen LogP contribution in [0.1, 0.15) is 28.2 Å². The van der Waals surface area contributed by atoms with E-state index in [0.717, 1.165) is 33.4 Å². The normalized spacial score (nSPS) is 28.2. The topological polar surface area (TPSA) is 102 Å². The molecule has 3 aromatic carbocycles. The van der Waals surface area contributed by atoms with Crippen molar-refractivity contribution in [2.75, 3.05) is 4.90 Å². The average molecular weight is 426 g/mol. The van der Waals surface area contributed by atoms with Crippen LogP contribution in [-0.2, 0) is 19.8 Å². The molecule has 3 aliphatic carbocycles. The molecule has 0 spiro atoms. The lowest BCUT2D eigenvalue weighted by Gasteiger charge is -2.51. The van der Waals surface area contributed by atoms with Crippen molar-refractivity contribution < 1.29 is 24.8 Å². The van der Waals surface area contributed by atoms with Gasteiger partial charge in [-0.2, -0.15) is 5.23 Å². The number of hydrogen-bond acceptors (Lipinski definition) is 5. The molecule has 3 atom stereocenters. The number of imide groups is 1. The van der Waals surface area contributed by atoms with Gasteiger partial charge in [-0.15, -0.1) is 0 Å². The lowest BCUT2D eigenvalue weighted by atomic mass is 9.48. The molecule has 7 nitrogen and oxygen atoms in total. The van der Waals surface area contributed by atoms with Gasteiger partial charge in [-0.1, -0.05) is 54.6 Å². The molecule has 1 saturated heterocycles. The summed E-state index contributed by atoms with van der Waals surface area (Å²) in [6.07, 6.45) is 0.820. The Kier molecular flexibility index (Phi) is 3.83.